The van der Waals surface area contributed by atoms with Crippen molar-refractivity contribution in [3.05, 3.63) is 53.2 Å². The van der Waals surface area contributed by atoms with E-state index in [1.54, 1.807) is 0 Å². The minimum atomic E-state index is 0.0766. The summed E-state index contributed by atoms with van der Waals surface area (Å²) in [6.07, 6.45) is 0. The molecule has 0 fully saturated rings. The van der Waals surface area contributed by atoms with Crippen LogP contribution in [0, 0.1) is 19.8 Å². The number of aliphatic hydroxyl groups is 1. The van der Waals surface area contributed by atoms with E-state index in [-0.39, 0.29) is 12.6 Å². The third-order valence-electron chi connectivity index (χ3n) is 4.07. The Bertz CT molecular complexity index is 559. The number of hydrogen-bond acceptors (Lipinski definition) is 4. The van der Waals surface area contributed by atoms with E-state index in [4.69, 9.17) is 4.42 Å². The molecule has 1 unspecified atom stereocenters. The largest absolute Gasteiger partial charge is 0.444 e. The van der Waals surface area contributed by atoms with Crippen LogP contribution in [0.1, 0.15) is 36.8 Å². The summed E-state index contributed by atoms with van der Waals surface area (Å²) in [4.78, 5) is 6.72. The van der Waals surface area contributed by atoms with Gasteiger partial charge in [-0.2, -0.15) is 0 Å². The van der Waals surface area contributed by atoms with Crippen LogP contribution in [0.3, 0.4) is 0 Å². The van der Waals surface area contributed by atoms with Crippen molar-refractivity contribution in [3.8, 4) is 0 Å². The van der Waals surface area contributed by atoms with E-state index in [2.05, 4.69) is 35.9 Å². The molecule has 4 heteroatoms. The SMILES string of the molecule is Cc1nc(CN(Cc2ccccc2)C(CO)C(C)C)oc1C. The summed E-state index contributed by atoms with van der Waals surface area (Å²) in [6, 6.07) is 10.4. The smallest absolute Gasteiger partial charge is 0.208 e. The van der Waals surface area contributed by atoms with E-state index in [1.807, 2.05) is 32.0 Å². The van der Waals surface area contributed by atoms with Gasteiger partial charge in [-0.05, 0) is 25.3 Å². The molecule has 1 aromatic heterocycles. The van der Waals surface area contributed by atoms with E-state index in [0.29, 0.717) is 18.4 Å². The molecule has 0 spiro atoms. The summed E-state index contributed by atoms with van der Waals surface area (Å²) in [5.41, 5.74) is 2.15. The third-order valence-corrected chi connectivity index (χ3v) is 4.07. The Morgan fingerprint density at radius 2 is 1.82 bits per heavy atom. The summed E-state index contributed by atoms with van der Waals surface area (Å²) in [6.45, 7) is 9.64. The van der Waals surface area contributed by atoms with E-state index in [9.17, 15) is 5.11 Å². The Hall–Kier alpha value is -1.65. The van der Waals surface area contributed by atoms with Crippen LogP contribution in [0.15, 0.2) is 34.7 Å². The van der Waals surface area contributed by atoms with Crippen molar-refractivity contribution in [3.63, 3.8) is 0 Å². The summed E-state index contributed by atoms with van der Waals surface area (Å²) < 4.78 is 5.72. The minimum Gasteiger partial charge on any atom is -0.444 e. The number of hydrogen-bond donors (Lipinski definition) is 1. The second kappa shape index (κ2) is 7.56. The molecule has 0 amide bonds. The lowest BCUT2D eigenvalue weighted by Crippen LogP contribution is -2.40. The fourth-order valence-corrected chi connectivity index (χ4v) is 2.64. The zero-order chi connectivity index (χ0) is 16.1. The zero-order valence-corrected chi connectivity index (χ0v) is 13.9. The monoisotopic (exact) mass is 302 g/mol. The Balaban J connectivity index is 2.20. The van der Waals surface area contributed by atoms with Crippen LogP contribution >= 0.6 is 0 Å². The molecule has 0 aliphatic carbocycles. The summed E-state index contributed by atoms with van der Waals surface area (Å²) in [7, 11) is 0. The molecule has 0 aliphatic heterocycles. The Morgan fingerprint density at radius 1 is 1.14 bits per heavy atom. The molecule has 1 heterocycles. The van der Waals surface area contributed by atoms with Gasteiger partial charge >= 0.3 is 0 Å². The molecule has 0 bridgehead atoms. The van der Waals surface area contributed by atoms with Crippen LogP contribution in [-0.4, -0.2) is 27.6 Å². The predicted molar refractivity (Wildman–Crippen MR) is 87.4 cm³/mol. The van der Waals surface area contributed by atoms with Gasteiger partial charge in [0.05, 0.1) is 18.8 Å². The second-order valence-corrected chi connectivity index (χ2v) is 6.13. The molecule has 1 atom stereocenters. The zero-order valence-electron chi connectivity index (χ0n) is 13.9. The standard InChI is InChI=1S/C18H26N2O2/c1-13(2)17(12-21)20(10-16-8-6-5-7-9-16)11-18-19-14(3)15(4)22-18/h5-9,13,17,21H,10-12H2,1-4H3. The lowest BCUT2D eigenvalue weighted by molar-refractivity contribution is 0.0711. The van der Waals surface area contributed by atoms with Crippen molar-refractivity contribution < 1.29 is 9.52 Å². The maximum absolute atomic E-state index is 9.79. The molecule has 0 radical (unpaired) electrons. The van der Waals surface area contributed by atoms with Gasteiger partial charge in [-0.1, -0.05) is 44.2 Å². The van der Waals surface area contributed by atoms with E-state index in [0.717, 1.165) is 18.0 Å². The van der Waals surface area contributed by atoms with Crippen LogP contribution < -0.4 is 0 Å². The number of benzene rings is 1. The molecular weight excluding hydrogens is 276 g/mol. The number of rotatable bonds is 7. The first-order valence-electron chi connectivity index (χ1n) is 7.83. The summed E-state index contributed by atoms with van der Waals surface area (Å²) >= 11 is 0. The predicted octanol–water partition coefficient (Wildman–Crippen LogP) is 3.31. The average Bonchev–Trinajstić information content (AvgIpc) is 2.78. The number of nitrogens with zero attached hydrogens (tertiary/aromatic N) is 2. The number of aliphatic hydroxyl groups excluding tert-OH is 1. The van der Waals surface area contributed by atoms with Gasteiger partial charge in [0.2, 0.25) is 5.89 Å². The van der Waals surface area contributed by atoms with Gasteiger partial charge < -0.3 is 9.52 Å². The van der Waals surface area contributed by atoms with E-state index < -0.39 is 0 Å². The van der Waals surface area contributed by atoms with Crippen molar-refractivity contribution in [2.24, 2.45) is 5.92 Å². The van der Waals surface area contributed by atoms with Crippen LogP contribution in [-0.2, 0) is 13.1 Å². The van der Waals surface area contributed by atoms with Crippen molar-refractivity contribution in [1.82, 2.24) is 9.88 Å². The summed E-state index contributed by atoms with van der Waals surface area (Å²) in [5.74, 6) is 1.93. The summed E-state index contributed by atoms with van der Waals surface area (Å²) in [5, 5.41) is 9.79. The molecule has 0 aliphatic rings. The molecule has 120 valence electrons. The van der Waals surface area contributed by atoms with Crippen LogP contribution in [0.5, 0.6) is 0 Å². The molecule has 4 nitrogen and oxygen atoms in total. The van der Waals surface area contributed by atoms with Gasteiger partial charge in [0.1, 0.15) is 5.76 Å². The first-order chi connectivity index (χ1) is 10.5. The molecular formula is C18H26N2O2. The fourth-order valence-electron chi connectivity index (χ4n) is 2.64. The van der Waals surface area contributed by atoms with Gasteiger partial charge in [0, 0.05) is 12.6 Å². The highest BCUT2D eigenvalue weighted by atomic mass is 16.4. The topological polar surface area (TPSA) is 49.5 Å². The van der Waals surface area contributed by atoms with Gasteiger partial charge in [-0.3, -0.25) is 4.90 Å². The second-order valence-electron chi connectivity index (χ2n) is 6.13. The van der Waals surface area contributed by atoms with Crippen molar-refractivity contribution in [2.45, 2.75) is 46.8 Å². The molecule has 1 N–H and O–H groups in total. The van der Waals surface area contributed by atoms with Gasteiger partial charge in [-0.25, -0.2) is 4.98 Å². The number of aromatic nitrogens is 1. The molecule has 22 heavy (non-hydrogen) atoms. The highest BCUT2D eigenvalue weighted by Gasteiger charge is 2.23. The molecule has 0 saturated carbocycles. The van der Waals surface area contributed by atoms with Gasteiger partial charge in [0.15, 0.2) is 0 Å². The third kappa shape index (κ3) is 4.18. The van der Waals surface area contributed by atoms with Crippen LogP contribution in [0.2, 0.25) is 0 Å². The van der Waals surface area contributed by atoms with E-state index >= 15 is 0 Å². The van der Waals surface area contributed by atoms with Gasteiger partial charge in [-0.15, -0.1) is 0 Å². The lowest BCUT2D eigenvalue weighted by Gasteiger charge is -2.32. The first kappa shape index (κ1) is 16.7. The maximum atomic E-state index is 9.79. The number of oxazole rings is 1. The number of aryl methyl sites for hydroxylation is 2. The van der Waals surface area contributed by atoms with Gasteiger partial charge in [0.25, 0.3) is 0 Å². The van der Waals surface area contributed by atoms with E-state index in [1.165, 1.54) is 5.56 Å². The normalized spacial score (nSPS) is 13.0. The molecule has 0 saturated heterocycles. The highest BCUT2D eigenvalue weighted by Crippen LogP contribution is 2.19. The van der Waals surface area contributed by atoms with Crippen molar-refractivity contribution in [2.75, 3.05) is 6.61 Å². The Kier molecular flexibility index (Phi) is 5.75. The molecule has 2 rings (SSSR count). The maximum Gasteiger partial charge on any atom is 0.208 e. The fraction of sp³-hybridized carbons (Fsp3) is 0.500. The quantitative estimate of drug-likeness (QED) is 0.852. The Labute approximate surface area is 132 Å². The highest BCUT2D eigenvalue weighted by molar-refractivity contribution is 5.15. The van der Waals surface area contributed by atoms with Crippen molar-refractivity contribution >= 4 is 0 Å². The Morgan fingerprint density at radius 3 is 2.32 bits per heavy atom. The minimum absolute atomic E-state index is 0.0766. The average molecular weight is 302 g/mol. The van der Waals surface area contributed by atoms with Crippen LogP contribution in [0.25, 0.3) is 0 Å². The molecule has 1 aromatic carbocycles. The molecule has 2 aromatic rings. The lowest BCUT2D eigenvalue weighted by atomic mass is 10.0. The van der Waals surface area contributed by atoms with Crippen LogP contribution in [0.4, 0.5) is 0 Å². The first-order valence-corrected chi connectivity index (χ1v) is 7.83. The van der Waals surface area contributed by atoms with Crippen molar-refractivity contribution in [1.29, 1.82) is 0 Å².